The highest BCUT2D eigenvalue weighted by atomic mass is 19.3. The first-order chi connectivity index (χ1) is 16.4. The zero-order valence-electron chi connectivity index (χ0n) is 18.7. The minimum absolute atomic E-state index is 0.0145. The summed E-state index contributed by atoms with van der Waals surface area (Å²) < 4.78 is 37.4. The van der Waals surface area contributed by atoms with Gasteiger partial charge < -0.3 is 19.7 Å². The van der Waals surface area contributed by atoms with Crippen LogP contribution in [-0.4, -0.2) is 54.8 Å². The van der Waals surface area contributed by atoms with Crippen LogP contribution in [0.5, 0.6) is 5.75 Å². The van der Waals surface area contributed by atoms with Crippen LogP contribution in [0.2, 0.25) is 0 Å². The van der Waals surface area contributed by atoms with Gasteiger partial charge >= 0.3 is 5.97 Å². The van der Waals surface area contributed by atoms with Gasteiger partial charge in [0, 0.05) is 18.9 Å². The molecule has 0 unspecified atom stereocenters. The number of carbonyl (C=O) groups is 3. The van der Waals surface area contributed by atoms with Crippen molar-refractivity contribution in [2.45, 2.75) is 38.3 Å². The molecule has 2 aromatic rings. The van der Waals surface area contributed by atoms with Crippen LogP contribution < -0.4 is 10.1 Å². The number of esters is 1. The lowest BCUT2D eigenvalue weighted by Gasteiger charge is -2.23. The van der Waals surface area contributed by atoms with Gasteiger partial charge in [0.2, 0.25) is 18.2 Å². The first kappa shape index (κ1) is 25.1. The Morgan fingerprint density at radius 2 is 1.71 bits per heavy atom. The van der Waals surface area contributed by atoms with Crippen LogP contribution in [0.3, 0.4) is 0 Å². The van der Waals surface area contributed by atoms with E-state index in [1.54, 1.807) is 24.3 Å². The number of para-hydroxylation sites is 1. The molecule has 3 rings (SSSR count). The maximum absolute atomic E-state index is 13.3. The summed E-state index contributed by atoms with van der Waals surface area (Å²) in [6, 6.07) is 17.0. The van der Waals surface area contributed by atoms with Crippen LogP contribution in [0.15, 0.2) is 60.7 Å². The summed E-state index contributed by atoms with van der Waals surface area (Å²) in [6.07, 6.45) is -2.26. The molecule has 182 valence electrons. The number of nitrogens with zero attached hydrogens (tertiary/aromatic N) is 1. The number of rotatable bonds is 11. The Bertz CT molecular complexity index is 943. The van der Waals surface area contributed by atoms with Gasteiger partial charge in [-0.05, 0) is 30.5 Å². The fourth-order valence-corrected chi connectivity index (χ4v) is 3.68. The van der Waals surface area contributed by atoms with E-state index in [0.29, 0.717) is 18.8 Å². The summed E-state index contributed by atoms with van der Waals surface area (Å²) in [7, 11) is 0. The number of hydrogen-bond donors (Lipinski definition) is 1. The Morgan fingerprint density at radius 1 is 1.03 bits per heavy atom. The fraction of sp³-hybridized carbons (Fsp3) is 0.400. The normalized spacial score (nSPS) is 17.4. The van der Waals surface area contributed by atoms with E-state index in [2.05, 4.69) is 5.32 Å². The van der Waals surface area contributed by atoms with Crippen molar-refractivity contribution in [2.75, 3.05) is 19.7 Å². The summed E-state index contributed by atoms with van der Waals surface area (Å²) in [6.45, 7) is -0.318. The Hall–Kier alpha value is -3.49. The summed E-state index contributed by atoms with van der Waals surface area (Å²) in [5, 5.41) is 2.49. The molecule has 7 nitrogen and oxygen atoms in total. The van der Waals surface area contributed by atoms with Gasteiger partial charge in [0.1, 0.15) is 18.4 Å². The Labute approximate surface area is 197 Å². The summed E-state index contributed by atoms with van der Waals surface area (Å²) in [5.74, 6) is -2.11. The maximum Gasteiger partial charge on any atom is 0.329 e. The number of carbonyl (C=O) groups excluding carboxylic acids is 3. The lowest BCUT2D eigenvalue weighted by atomic mass is 10.1. The number of amides is 2. The molecule has 9 heteroatoms. The zero-order chi connectivity index (χ0) is 24.3. The van der Waals surface area contributed by atoms with Gasteiger partial charge in [-0.25, -0.2) is 13.6 Å². The fourth-order valence-electron chi connectivity index (χ4n) is 3.68. The molecule has 0 bridgehead atoms. The van der Waals surface area contributed by atoms with Crippen molar-refractivity contribution in [1.29, 1.82) is 0 Å². The van der Waals surface area contributed by atoms with E-state index in [9.17, 15) is 23.2 Å². The average molecular weight is 475 g/mol. The first-order valence-electron chi connectivity index (χ1n) is 11.2. The molecule has 1 heterocycles. The Balaban J connectivity index is 1.45. The van der Waals surface area contributed by atoms with Crippen LogP contribution in [0.1, 0.15) is 24.8 Å². The third-order valence-electron chi connectivity index (χ3n) is 5.50. The van der Waals surface area contributed by atoms with Crippen molar-refractivity contribution < 1.29 is 32.6 Å². The third kappa shape index (κ3) is 7.54. The molecule has 1 aliphatic rings. The van der Waals surface area contributed by atoms with Gasteiger partial charge in [0.05, 0.1) is 13.2 Å². The Kier molecular flexibility index (Phi) is 9.37. The van der Waals surface area contributed by atoms with Crippen molar-refractivity contribution in [3.8, 4) is 5.75 Å². The number of hydrogen-bond acceptors (Lipinski definition) is 5. The molecule has 2 atom stereocenters. The molecular weight excluding hydrogens is 446 g/mol. The molecule has 0 aliphatic carbocycles. The summed E-state index contributed by atoms with van der Waals surface area (Å²) in [4.78, 5) is 38.4. The predicted molar refractivity (Wildman–Crippen MR) is 120 cm³/mol. The molecule has 1 fully saturated rings. The molecule has 0 saturated carbocycles. The van der Waals surface area contributed by atoms with Crippen LogP contribution in [0.25, 0.3) is 0 Å². The maximum atomic E-state index is 13.3. The number of benzene rings is 2. The monoisotopic (exact) mass is 474 g/mol. The zero-order valence-corrected chi connectivity index (χ0v) is 18.7. The van der Waals surface area contributed by atoms with E-state index in [1.165, 1.54) is 0 Å². The van der Waals surface area contributed by atoms with Crippen molar-refractivity contribution in [1.82, 2.24) is 10.2 Å². The second-order valence-electron chi connectivity index (χ2n) is 8.03. The van der Waals surface area contributed by atoms with Crippen LogP contribution in [0, 0.1) is 5.92 Å². The molecule has 1 aliphatic heterocycles. The van der Waals surface area contributed by atoms with Gasteiger partial charge in [-0.1, -0.05) is 48.5 Å². The minimum Gasteiger partial charge on any atom is -0.494 e. The van der Waals surface area contributed by atoms with Crippen LogP contribution >= 0.6 is 0 Å². The van der Waals surface area contributed by atoms with Gasteiger partial charge in [-0.15, -0.1) is 0 Å². The van der Waals surface area contributed by atoms with Crippen LogP contribution in [0.4, 0.5) is 8.78 Å². The number of nitrogens with one attached hydrogen (secondary N) is 1. The van der Waals surface area contributed by atoms with Gasteiger partial charge in [-0.2, -0.15) is 0 Å². The second kappa shape index (κ2) is 12.7. The van der Waals surface area contributed by atoms with E-state index in [4.69, 9.17) is 9.47 Å². The lowest BCUT2D eigenvalue weighted by molar-refractivity contribution is -0.154. The highest BCUT2D eigenvalue weighted by molar-refractivity contribution is 5.89. The first-order valence-corrected chi connectivity index (χ1v) is 11.2. The molecule has 1 N–H and O–H groups in total. The highest BCUT2D eigenvalue weighted by Crippen LogP contribution is 2.29. The van der Waals surface area contributed by atoms with Gasteiger partial charge in [0.15, 0.2) is 0 Å². The van der Waals surface area contributed by atoms with Crippen molar-refractivity contribution in [3.05, 3.63) is 66.2 Å². The van der Waals surface area contributed by atoms with Crippen LogP contribution in [-0.2, 0) is 25.7 Å². The number of halogens is 2. The molecule has 2 amide bonds. The summed E-state index contributed by atoms with van der Waals surface area (Å²) >= 11 is 0. The van der Waals surface area contributed by atoms with E-state index in [1.807, 2.05) is 36.4 Å². The molecule has 0 radical (unpaired) electrons. The average Bonchev–Trinajstić information content (AvgIpc) is 3.31. The second-order valence-corrected chi connectivity index (χ2v) is 8.03. The van der Waals surface area contributed by atoms with E-state index in [0.717, 1.165) is 10.5 Å². The standard InChI is InChI=1S/C25H28F2N2O5/c26-24(27)19-14-21(25(32)34-17-18-8-3-1-4-9-18)29(16-19)23(31)15-28-22(30)12-7-13-33-20-10-5-2-6-11-20/h1-6,8-11,19,21,24H,7,12-17H2,(H,28,30)/t19-,21+/m1/s1. The van der Waals surface area contributed by atoms with Gasteiger partial charge in [0.25, 0.3) is 0 Å². The molecule has 0 aromatic heterocycles. The smallest absolute Gasteiger partial charge is 0.329 e. The van der Waals surface area contributed by atoms with E-state index < -0.39 is 30.3 Å². The molecular formula is C25H28F2N2O5. The molecule has 1 saturated heterocycles. The topological polar surface area (TPSA) is 84.9 Å². The quantitative estimate of drug-likeness (QED) is 0.400. The number of alkyl halides is 2. The minimum atomic E-state index is -2.67. The van der Waals surface area contributed by atoms with Crippen molar-refractivity contribution in [2.24, 2.45) is 5.92 Å². The van der Waals surface area contributed by atoms with Gasteiger partial charge in [-0.3, -0.25) is 9.59 Å². The summed E-state index contributed by atoms with van der Waals surface area (Å²) in [5.41, 5.74) is 0.751. The van der Waals surface area contributed by atoms with E-state index in [-0.39, 0.29) is 38.4 Å². The SMILES string of the molecule is O=C(CCCOc1ccccc1)NCC(=O)N1C[C@H](C(F)F)C[C@H]1C(=O)OCc1ccccc1. The lowest BCUT2D eigenvalue weighted by Crippen LogP contribution is -2.46. The van der Waals surface area contributed by atoms with Crippen molar-refractivity contribution >= 4 is 17.8 Å². The Morgan fingerprint density at radius 3 is 2.38 bits per heavy atom. The largest absolute Gasteiger partial charge is 0.494 e. The number of likely N-dealkylation sites (tertiary alicyclic amines) is 1. The molecule has 34 heavy (non-hydrogen) atoms. The predicted octanol–water partition coefficient (Wildman–Crippen LogP) is 3.19. The van der Waals surface area contributed by atoms with E-state index >= 15 is 0 Å². The number of ether oxygens (including phenoxy) is 2. The third-order valence-corrected chi connectivity index (χ3v) is 5.50. The van der Waals surface area contributed by atoms with Crippen molar-refractivity contribution in [3.63, 3.8) is 0 Å². The molecule has 2 aromatic carbocycles. The molecule has 0 spiro atoms. The highest BCUT2D eigenvalue weighted by Gasteiger charge is 2.43.